The summed E-state index contributed by atoms with van der Waals surface area (Å²) < 4.78 is 1.40. The van der Waals surface area contributed by atoms with E-state index in [1.165, 1.54) is 11.8 Å². The van der Waals surface area contributed by atoms with Gasteiger partial charge >= 0.3 is 5.97 Å². The van der Waals surface area contributed by atoms with Gasteiger partial charge in [-0.25, -0.2) is 4.79 Å². The van der Waals surface area contributed by atoms with E-state index in [1.54, 1.807) is 26.8 Å². The third-order valence-electron chi connectivity index (χ3n) is 6.93. The average Bonchev–Trinajstić information content (AvgIpc) is 3.25. The van der Waals surface area contributed by atoms with Crippen LogP contribution in [0.25, 0.3) is 21.8 Å². The smallest absolute Gasteiger partial charge is 0.341 e. The number of hydrogen-bond donors (Lipinski definition) is 0. The highest BCUT2D eigenvalue weighted by Crippen LogP contribution is 2.32. The molecule has 0 fully saturated rings. The Hall–Kier alpha value is -3.71. The maximum Gasteiger partial charge on any atom is 0.350 e. The van der Waals surface area contributed by atoms with E-state index in [0.29, 0.717) is 23.1 Å². The minimum atomic E-state index is -0.764. The molecule has 7 heteroatoms. The number of Topliss-reactive ketones (excluding diaryl/α,β-unsaturated/α-hetero) is 1. The zero-order valence-corrected chi connectivity index (χ0v) is 23.4. The topological polar surface area (TPSA) is 77.7 Å². The molecule has 4 rings (SSSR count). The van der Waals surface area contributed by atoms with Crippen molar-refractivity contribution in [3.8, 4) is 0 Å². The van der Waals surface area contributed by atoms with Crippen molar-refractivity contribution in [1.29, 1.82) is 0 Å². The van der Waals surface area contributed by atoms with Gasteiger partial charge in [0.2, 0.25) is 5.78 Å². The molecule has 0 unspecified atom stereocenters. The largest absolute Gasteiger partial charge is 0.350 e. The quantitative estimate of drug-likeness (QED) is 0.101. The summed E-state index contributed by atoms with van der Waals surface area (Å²) in [6.45, 7) is 10.0. The van der Waals surface area contributed by atoms with E-state index in [0.717, 1.165) is 33.9 Å². The van der Waals surface area contributed by atoms with E-state index >= 15 is 0 Å². The lowest BCUT2D eigenvalue weighted by Gasteiger charge is -2.17. The Kier molecular flexibility index (Phi) is 7.88. The number of aromatic nitrogens is 1. The first-order valence-electron chi connectivity index (χ1n) is 12.7. The van der Waals surface area contributed by atoms with Crippen LogP contribution in [0.15, 0.2) is 65.8 Å². The molecule has 0 saturated carbocycles. The second kappa shape index (κ2) is 11.0. The second-order valence-corrected chi connectivity index (χ2v) is 11.1. The molecule has 1 aromatic heterocycles. The highest BCUT2D eigenvalue weighted by Gasteiger charge is 2.29. The zero-order valence-electron chi connectivity index (χ0n) is 22.6. The molecular weight excluding hydrogens is 496 g/mol. The molecule has 38 heavy (non-hydrogen) atoms. The van der Waals surface area contributed by atoms with Crippen molar-refractivity contribution in [2.45, 2.75) is 52.3 Å². The molecule has 6 nitrogen and oxygen atoms in total. The number of hydrogen-bond acceptors (Lipinski definition) is 6. The van der Waals surface area contributed by atoms with Crippen LogP contribution in [0.3, 0.4) is 0 Å². The monoisotopic (exact) mass is 528 g/mol. The normalized spacial score (nSPS) is 12.2. The molecule has 0 aliphatic heterocycles. The first kappa shape index (κ1) is 27.3. The van der Waals surface area contributed by atoms with E-state index in [4.69, 9.17) is 4.84 Å². The van der Waals surface area contributed by atoms with Crippen molar-refractivity contribution in [2.24, 2.45) is 5.16 Å². The summed E-state index contributed by atoms with van der Waals surface area (Å²) in [6, 6.07) is 18.8. The van der Waals surface area contributed by atoms with E-state index in [9.17, 15) is 14.4 Å². The molecule has 1 heterocycles. The van der Waals surface area contributed by atoms with Crippen molar-refractivity contribution in [1.82, 2.24) is 4.57 Å². The Balaban J connectivity index is 1.77. The van der Waals surface area contributed by atoms with Crippen LogP contribution in [-0.2, 0) is 16.2 Å². The standard InChI is InChI=1S/C31H32N2O4S/c1-7-25(32-37-30(36)31(4,5)38-6)29(35)21-14-16-27-24(18-21)23-17-20(13-15-26(23)33(27)8-2)28(34)22-12-10-9-11-19(22)3/h9-18H,7-8H2,1-6H3. The Morgan fingerprint density at radius 2 is 1.53 bits per heavy atom. The Morgan fingerprint density at radius 1 is 0.921 bits per heavy atom. The van der Waals surface area contributed by atoms with Gasteiger partial charge < -0.3 is 9.40 Å². The van der Waals surface area contributed by atoms with Crippen LogP contribution in [0.5, 0.6) is 0 Å². The first-order chi connectivity index (χ1) is 18.1. The lowest BCUT2D eigenvalue weighted by Crippen LogP contribution is -2.29. The summed E-state index contributed by atoms with van der Waals surface area (Å²) >= 11 is 1.35. The van der Waals surface area contributed by atoms with Gasteiger partial charge in [0.15, 0.2) is 5.78 Å². The number of carbonyl (C=O) groups excluding carboxylic acids is 3. The van der Waals surface area contributed by atoms with Gasteiger partial charge in [-0.1, -0.05) is 36.3 Å². The summed E-state index contributed by atoms with van der Waals surface area (Å²) in [6.07, 6.45) is 2.13. The molecule has 0 radical (unpaired) electrons. The van der Waals surface area contributed by atoms with Gasteiger partial charge in [-0.2, -0.15) is 0 Å². The lowest BCUT2D eigenvalue weighted by molar-refractivity contribution is -0.145. The van der Waals surface area contributed by atoms with Crippen molar-refractivity contribution in [2.75, 3.05) is 6.26 Å². The number of fused-ring (bicyclic) bond motifs is 3. The lowest BCUT2D eigenvalue weighted by atomic mass is 9.97. The molecule has 0 aliphatic carbocycles. The van der Waals surface area contributed by atoms with Gasteiger partial charge in [0.1, 0.15) is 10.5 Å². The van der Waals surface area contributed by atoms with Crippen molar-refractivity contribution < 1.29 is 19.2 Å². The number of ketones is 2. The summed E-state index contributed by atoms with van der Waals surface area (Å²) in [4.78, 5) is 44.2. The van der Waals surface area contributed by atoms with E-state index in [2.05, 4.69) is 16.6 Å². The number of thioether (sulfide) groups is 1. The zero-order chi connectivity index (χ0) is 27.6. The fourth-order valence-corrected chi connectivity index (χ4v) is 4.64. The minimum absolute atomic E-state index is 0.0370. The number of rotatable bonds is 9. The highest BCUT2D eigenvalue weighted by molar-refractivity contribution is 8.00. The molecule has 0 saturated heterocycles. The number of carbonyl (C=O) groups is 3. The number of nitrogens with zero attached hydrogens (tertiary/aromatic N) is 2. The molecular formula is C31H32N2O4S. The summed E-state index contributed by atoms with van der Waals surface area (Å²) in [7, 11) is 0. The Morgan fingerprint density at radius 3 is 2.11 bits per heavy atom. The molecule has 4 aromatic rings. The van der Waals surface area contributed by atoms with Gasteiger partial charge in [0, 0.05) is 45.0 Å². The number of benzene rings is 3. The van der Waals surface area contributed by atoms with Crippen LogP contribution < -0.4 is 0 Å². The number of oxime groups is 1. The van der Waals surface area contributed by atoms with E-state index in [-0.39, 0.29) is 17.3 Å². The Labute approximate surface area is 227 Å². The van der Waals surface area contributed by atoms with Crippen molar-refractivity contribution >= 4 is 56.8 Å². The molecule has 0 amide bonds. The third-order valence-corrected chi connectivity index (χ3v) is 8.12. The molecule has 0 N–H and O–H groups in total. The minimum Gasteiger partial charge on any atom is -0.341 e. The molecule has 0 bridgehead atoms. The fourth-order valence-electron chi connectivity index (χ4n) is 4.43. The molecule has 0 atom stereocenters. The fraction of sp³-hybridized carbons (Fsp3) is 0.290. The highest BCUT2D eigenvalue weighted by atomic mass is 32.2. The van der Waals surface area contributed by atoms with Gasteiger partial charge in [0.05, 0.1) is 0 Å². The third kappa shape index (κ3) is 5.03. The predicted octanol–water partition coefficient (Wildman–Crippen LogP) is 6.99. The van der Waals surface area contributed by atoms with Gasteiger partial charge in [0.25, 0.3) is 0 Å². The predicted molar refractivity (Wildman–Crippen MR) is 155 cm³/mol. The van der Waals surface area contributed by atoms with E-state index < -0.39 is 10.7 Å². The summed E-state index contributed by atoms with van der Waals surface area (Å²) in [5.41, 5.74) is 4.78. The molecule has 3 aromatic carbocycles. The van der Waals surface area contributed by atoms with Crippen molar-refractivity contribution in [3.63, 3.8) is 0 Å². The van der Waals surface area contributed by atoms with Crippen LogP contribution >= 0.6 is 11.8 Å². The van der Waals surface area contributed by atoms with Gasteiger partial charge in [-0.15, -0.1) is 11.8 Å². The second-order valence-electron chi connectivity index (χ2n) is 9.67. The number of aryl methyl sites for hydroxylation is 2. The van der Waals surface area contributed by atoms with Crippen LogP contribution in [0.2, 0.25) is 0 Å². The van der Waals surface area contributed by atoms with Gasteiger partial charge in [-0.05, 0) is 82.3 Å². The first-order valence-corrected chi connectivity index (χ1v) is 13.9. The van der Waals surface area contributed by atoms with Crippen LogP contribution in [0.4, 0.5) is 0 Å². The van der Waals surface area contributed by atoms with E-state index in [1.807, 2.05) is 67.8 Å². The molecule has 0 spiro atoms. The SMILES string of the molecule is CCC(=NOC(=O)C(C)(C)SC)C(=O)c1ccc2c(c1)c1cc(C(=O)c3ccccc3C)ccc1n2CC. The van der Waals surface area contributed by atoms with Crippen molar-refractivity contribution in [3.05, 3.63) is 82.9 Å². The summed E-state index contributed by atoms with van der Waals surface area (Å²) in [5.74, 6) is -0.838. The van der Waals surface area contributed by atoms with Gasteiger partial charge in [-0.3, -0.25) is 9.59 Å². The Bertz CT molecular complexity index is 1600. The maximum absolute atomic E-state index is 13.4. The molecule has 0 aliphatic rings. The van der Waals surface area contributed by atoms with Crippen LogP contribution in [0, 0.1) is 6.92 Å². The maximum atomic E-state index is 13.4. The average molecular weight is 529 g/mol. The van der Waals surface area contributed by atoms with Crippen LogP contribution in [0.1, 0.15) is 66.0 Å². The summed E-state index contributed by atoms with van der Waals surface area (Å²) in [5, 5.41) is 5.71. The van der Waals surface area contributed by atoms with Crippen LogP contribution in [-0.4, -0.2) is 38.8 Å². The molecule has 196 valence electrons.